The summed E-state index contributed by atoms with van der Waals surface area (Å²) in [6.45, 7) is 0.425. The van der Waals surface area contributed by atoms with Crippen LogP contribution in [0.2, 0.25) is 0 Å². The Morgan fingerprint density at radius 1 is 1.15 bits per heavy atom. The molecule has 2 aliphatic rings. The van der Waals surface area contributed by atoms with Gasteiger partial charge in [0.25, 0.3) is 0 Å². The van der Waals surface area contributed by atoms with E-state index in [1.54, 1.807) is 6.07 Å². The highest BCUT2D eigenvalue weighted by Crippen LogP contribution is 2.29. The number of aryl methyl sites for hydroxylation is 2. The second-order valence-electron chi connectivity index (χ2n) is 5.73. The standard InChI is InChI=1S/C15H21NO3S/c17-11-14-6-3-9-16(14)20(18,19)15-8-7-12-4-1-2-5-13(12)10-15/h7-8,10,14,17H,1-6,9,11H2. The molecule has 4 nitrogen and oxygen atoms in total. The van der Waals surface area contributed by atoms with Crippen LogP contribution in [0.5, 0.6) is 0 Å². The molecule has 1 N–H and O–H groups in total. The molecule has 0 radical (unpaired) electrons. The van der Waals surface area contributed by atoms with E-state index in [0.29, 0.717) is 11.4 Å². The third-order valence-corrected chi connectivity index (χ3v) is 6.41. The molecule has 5 heteroatoms. The van der Waals surface area contributed by atoms with Crippen molar-refractivity contribution in [3.63, 3.8) is 0 Å². The fourth-order valence-electron chi connectivity index (χ4n) is 3.31. The first-order valence-corrected chi connectivity index (χ1v) is 8.81. The topological polar surface area (TPSA) is 57.6 Å². The molecule has 1 unspecified atom stereocenters. The first-order chi connectivity index (χ1) is 9.63. The molecule has 1 aromatic rings. The van der Waals surface area contributed by atoms with Gasteiger partial charge in [0.15, 0.2) is 0 Å². The summed E-state index contributed by atoms with van der Waals surface area (Å²) in [5, 5.41) is 9.33. The van der Waals surface area contributed by atoms with Crippen LogP contribution < -0.4 is 0 Å². The molecule has 1 fully saturated rings. The van der Waals surface area contributed by atoms with Crippen LogP contribution in [0.15, 0.2) is 23.1 Å². The summed E-state index contributed by atoms with van der Waals surface area (Å²) in [6.07, 6.45) is 5.94. The minimum atomic E-state index is -3.46. The summed E-state index contributed by atoms with van der Waals surface area (Å²) in [7, 11) is -3.46. The average Bonchev–Trinajstić information content (AvgIpc) is 2.96. The van der Waals surface area contributed by atoms with Crippen molar-refractivity contribution >= 4 is 10.0 Å². The lowest BCUT2D eigenvalue weighted by molar-refractivity contribution is 0.213. The van der Waals surface area contributed by atoms with E-state index in [1.807, 2.05) is 12.1 Å². The summed E-state index contributed by atoms with van der Waals surface area (Å²) in [5.41, 5.74) is 2.47. The SMILES string of the molecule is O=S(=O)(c1ccc2c(c1)CCCC2)N1CCCC1CO. The molecule has 0 spiro atoms. The van der Waals surface area contributed by atoms with Gasteiger partial charge in [-0.25, -0.2) is 8.42 Å². The number of nitrogens with zero attached hydrogens (tertiary/aromatic N) is 1. The number of aliphatic hydroxyl groups is 1. The molecular formula is C15H21NO3S. The van der Waals surface area contributed by atoms with Crippen molar-refractivity contribution in [2.75, 3.05) is 13.2 Å². The van der Waals surface area contributed by atoms with Gasteiger partial charge < -0.3 is 5.11 Å². The lowest BCUT2D eigenvalue weighted by Crippen LogP contribution is -2.37. The van der Waals surface area contributed by atoms with E-state index >= 15 is 0 Å². The van der Waals surface area contributed by atoms with E-state index in [9.17, 15) is 13.5 Å². The fraction of sp³-hybridized carbons (Fsp3) is 0.600. The van der Waals surface area contributed by atoms with E-state index in [2.05, 4.69) is 0 Å². The van der Waals surface area contributed by atoms with Crippen molar-refractivity contribution in [2.45, 2.75) is 49.5 Å². The molecule has 20 heavy (non-hydrogen) atoms. The Morgan fingerprint density at radius 2 is 1.90 bits per heavy atom. The maximum Gasteiger partial charge on any atom is 0.243 e. The van der Waals surface area contributed by atoms with Gasteiger partial charge in [-0.1, -0.05) is 6.07 Å². The third-order valence-electron chi connectivity index (χ3n) is 4.46. The summed E-state index contributed by atoms with van der Waals surface area (Å²) < 4.78 is 26.9. The molecule has 1 aliphatic heterocycles. The van der Waals surface area contributed by atoms with Gasteiger partial charge in [0, 0.05) is 12.6 Å². The summed E-state index contributed by atoms with van der Waals surface area (Å²) in [5.74, 6) is 0. The van der Waals surface area contributed by atoms with Gasteiger partial charge in [-0.05, 0) is 61.8 Å². The number of aliphatic hydroxyl groups excluding tert-OH is 1. The van der Waals surface area contributed by atoms with Gasteiger partial charge in [0.2, 0.25) is 10.0 Å². The summed E-state index contributed by atoms with van der Waals surface area (Å²) in [6, 6.07) is 5.28. The molecule has 1 heterocycles. The van der Waals surface area contributed by atoms with E-state index in [-0.39, 0.29) is 12.6 Å². The minimum Gasteiger partial charge on any atom is -0.395 e. The van der Waals surface area contributed by atoms with Crippen LogP contribution in [0.1, 0.15) is 36.8 Å². The number of benzene rings is 1. The van der Waals surface area contributed by atoms with Crippen LogP contribution in [0, 0.1) is 0 Å². The Kier molecular flexibility index (Phi) is 3.84. The van der Waals surface area contributed by atoms with Crippen LogP contribution in [-0.4, -0.2) is 37.0 Å². The van der Waals surface area contributed by atoms with Gasteiger partial charge in [-0.15, -0.1) is 0 Å². The van der Waals surface area contributed by atoms with Gasteiger partial charge in [-0.2, -0.15) is 4.31 Å². The molecule has 0 bridgehead atoms. The molecular weight excluding hydrogens is 274 g/mol. The van der Waals surface area contributed by atoms with Crippen LogP contribution in [-0.2, 0) is 22.9 Å². The normalized spacial score (nSPS) is 23.8. The largest absolute Gasteiger partial charge is 0.395 e. The zero-order valence-electron chi connectivity index (χ0n) is 11.6. The number of hydrogen-bond donors (Lipinski definition) is 1. The first kappa shape index (κ1) is 14.0. The van der Waals surface area contributed by atoms with Gasteiger partial charge >= 0.3 is 0 Å². The highest BCUT2D eigenvalue weighted by atomic mass is 32.2. The van der Waals surface area contributed by atoms with Gasteiger partial charge in [-0.3, -0.25) is 0 Å². The van der Waals surface area contributed by atoms with Crippen LogP contribution >= 0.6 is 0 Å². The molecule has 0 saturated carbocycles. The minimum absolute atomic E-state index is 0.0931. The predicted molar refractivity (Wildman–Crippen MR) is 77.1 cm³/mol. The molecule has 1 atom stereocenters. The quantitative estimate of drug-likeness (QED) is 0.923. The van der Waals surface area contributed by atoms with Crippen LogP contribution in [0.3, 0.4) is 0 Å². The lowest BCUT2D eigenvalue weighted by atomic mass is 9.92. The van der Waals surface area contributed by atoms with Crippen LogP contribution in [0.4, 0.5) is 0 Å². The Bertz CT molecular complexity index is 597. The zero-order chi connectivity index (χ0) is 14.2. The Balaban J connectivity index is 1.95. The molecule has 0 aromatic heterocycles. The van der Waals surface area contributed by atoms with Crippen LogP contribution in [0.25, 0.3) is 0 Å². The predicted octanol–water partition coefficient (Wildman–Crippen LogP) is 1.71. The van der Waals surface area contributed by atoms with Gasteiger partial charge in [0.05, 0.1) is 11.5 Å². The summed E-state index contributed by atoms with van der Waals surface area (Å²) in [4.78, 5) is 0.387. The Hall–Kier alpha value is -0.910. The molecule has 1 aliphatic carbocycles. The summed E-state index contributed by atoms with van der Waals surface area (Å²) >= 11 is 0. The Labute approximate surface area is 120 Å². The zero-order valence-corrected chi connectivity index (χ0v) is 12.4. The van der Waals surface area contributed by atoms with Crippen molar-refractivity contribution in [1.29, 1.82) is 0 Å². The van der Waals surface area contributed by atoms with E-state index in [4.69, 9.17) is 0 Å². The monoisotopic (exact) mass is 295 g/mol. The first-order valence-electron chi connectivity index (χ1n) is 7.37. The number of rotatable bonds is 3. The van der Waals surface area contributed by atoms with Crippen molar-refractivity contribution < 1.29 is 13.5 Å². The van der Waals surface area contributed by atoms with Crippen molar-refractivity contribution in [3.05, 3.63) is 29.3 Å². The smallest absolute Gasteiger partial charge is 0.243 e. The van der Waals surface area contributed by atoms with E-state index < -0.39 is 10.0 Å². The number of hydrogen-bond acceptors (Lipinski definition) is 3. The molecule has 1 saturated heterocycles. The maximum absolute atomic E-state index is 12.7. The van der Waals surface area contributed by atoms with Crippen molar-refractivity contribution in [2.24, 2.45) is 0 Å². The van der Waals surface area contributed by atoms with E-state index in [1.165, 1.54) is 21.9 Å². The second-order valence-corrected chi connectivity index (χ2v) is 7.62. The van der Waals surface area contributed by atoms with Gasteiger partial charge in [0.1, 0.15) is 0 Å². The molecule has 1 aromatic carbocycles. The molecule has 110 valence electrons. The lowest BCUT2D eigenvalue weighted by Gasteiger charge is -2.24. The third kappa shape index (κ3) is 2.38. The van der Waals surface area contributed by atoms with E-state index in [0.717, 1.165) is 32.1 Å². The average molecular weight is 295 g/mol. The van der Waals surface area contributed by atoms with Crippen molar-refractivity contribution in [3.8, 4) is 0 Å². The highest BCUT2D eigenvalue weighted by molar-refractivity contribution is 7.89. The maximum atomic E-state index is 12.7. The molecule has 3 rings (SSSR count). The highest BCUT2D eigenvalue weighted by Gasteiger charge is 2.35. The fourth-order valence-corrected chi connectivity index (χ4v) is 5.05. The molecule has 0 amide bonds. The second kappa shape index (κ2) is 5.47. The Morgan fingerprint density at radius 3 is 2.65 bits per heavy atom. The van der Waals surface area contributed by atoms with Crippen molar-refractivity contribution in [1.82, 2.24) is 4.31 Å². The number of sulfonamides is 1. The number of fused-ring (bicyclic) bond motifs is 1.